The number of benzene rings is 1. The maximum atomic E-state index is 11.7. The number of phenolic OH excluding ortho intramolecular Hbond substituents is 1. The summed E-state index contributed by atoms with van der Waals surface area (Å²) >= 11 is 0. The van der Waals surface area contributed by atoms with Gasteiger partial charge in [-0.15, -0.1) is 6.58 Å². The lowest BCUT2D eigenvalue weighted by Gasteiger charge is -2.05. The summed E-state index contributed by atoms with van der Waals surface area (Å²) in [6, 6.07) is 6.14. The molecule has 0 heterocycles. The van der Waals surface area contributed by atoms with Gasteiger partial charge in [0.05, 0.1) is 12.2 Å². The van der Waals surface area contributed by atoms with Crippen molar-refractivity contribution in [1.82, 2.24) is 0 Å². The number of unbranched alkanes of at least 4 members (excludes halogenated alkanes) is 9. The van der Waals surface area contributed by atoms with Crippen LogP contribution < -0.4 is 0 Å². The molecule has 23 heavy (non-hydrogen) atoms. The van der Waals surface area contributed by atoms with E-state index in [1.807, 2.05) is 6.08 Å². The Morgan fingerprint density at radius 3 is 2.00 bits per heavy atom. The molecule has 0 aliphatic rings. The maximum Gasteiger partial charge on any atom is 0.338 e. The number of hydrogen-bond acceptors (Lipinski definition) is 3. The van der Waals surface area contributed by atoms with Gasteiger partial charge in [0.25, 0.3) is 0 Å². The van der Waals surface area contributed by atoms with Crippen molar-refractivity contribution in [3.05, 3.63) is 42.5 Å². The molecule has 3 nitrogen and oxygen atoms in total. The molecule has 0 bridgehead atoms. The Bertz CT molecular complexity index is 437. The van der Waals surface area contributed by atoms with Crippen molar-refractivity contribution < 1.29 is 14.6 Å². The highest BCUT2D eigenvalue weighted by atomic mass is 16.5. The van der Waals surface area contributed by atoms with Crippen molar-refractivity contribution in [2.24, 2.45) is 0 Å². The van der Waals surface area contributed by atoms with Crippen LogP contribution in [0.1, 0.15) is 74.6 Å². The standard InChI is InChI=1S/C20H30O3/c1-2-3-4-5-6-7-8-9-10-11-12-17-23-20(22)18-13-15-19(21)16-14-18/h2,13-16,21H,1,3-12,17H2. The predicted octanol–water partition coefficient (Wildman–Crippen LogP) is 5.64. The molecule has 1 aromatic carbocycles. The van der Waals surface area contributed by atoms with E-state index in [2.05, 4.69) is 6.58 Å². The van der Waals surface area contributed by atoms with Crippen LogP contribution in [0.15, 0.2) is 36.9 Å². The Hall–Kier alpha value is -1.77. The van der Waals surface area contributed by atoms with Gasteiger partial charge in [-0.1, -0.05) is 51.0 Å². The molecule has 0 radical (unpaired) electrons. The van der Waals surface area contributed by atoms with Gasteiger partial charge in [0, 0.05) is 0 Å². The fraction of sp³-hybridized carbons (Fsp3) is 0.550. The molecular weight excluding hydrogens is 288 g/mol. The highest BCUT2D eigenvalue weighted by Crippen LogP contribution is 2.12. The normalized spacial score (nSPS) is 10.4. The zero-order valence-corrected chi connectivity index (χ0v) is 14.1. The lowest BCUT2D eigenvalue weighted by Crippen LogP contribution is -2.06. The van der Waals surface area contributed by atoms with Crippen LogP contribution >= 0.6 is 0 Å². The average Bonchev–Trinajstić information content (AvgIpc) is 2.56. The second-order valence-corrected chi connectivity index (χ2v) is 5.94. The minimum Gasteiger partial charge on any atom is -0.508 e. The van der Waals surface area contributed by atoms with E-state index < -0.39 is 0 Å². The Kier molecular flexibility index (Phi) is 10.7. The fourth-order valence-electron chi connectivity index (χ4n) is 2.47. The first-order chi connectivity index (χ1) is 11.2. The SMILES string of the molecule is C=CCCCCCCCCCCCOC(=O)c1ccc(O)cc1. The van der Waals surface area contributed by atoms with E-state index >= 15 is 0 Å². The largest absolute Gasteiger partial charge is 0.508 e. The van der Waals surface area contributed by atoms with Crippen LogP contribution in [-0.4, -0.2) is 17.7 Å². The minimum absolute atomic E-state index is 0.155. The highest BCUT2D eigenvalue weighted by molar-refractivity contribution is 5.89. The number of carbonyl (C=O) groups excluding carboxylic acids is 1. The van der Waals surface area contributed by atoms with Gasteiger partial charge in [-0.05, 0) is 43.5 Å². The monoisotopic (exact) mass is 318 g/mol. The number of aromatic hydroxyl groups is 1. The van der Waals surface area contributed by atoms with E-state index in [4.69, 9.17) is 4.74 Å². The van der Waals surface area contributed by atoms with Gasteiger partial charge in [0.2, 0.25) is 0 Å². The van der Waals surface area contributed by atoms with E-state index in [-0.39, 0.29) is 11.7 Å². The van der Waals surface area contributed by atoms with Crippen LogP contribution in [0.3, 0.4) is 0 Å². The minimum atomic E-state index is -0.315. The molecule has 1 N–H and O–H groups in total. The summed E-state index contributed by atoms with van der Waals surface area (Å²) in [5, 5.41) is 9.17. The van der Waals surface area contributed by atoms with Crippen LogP contribution in [0.5, 0.6) is 5.75 Å². The smallest absolute Gasteiger partial charge is 0.338 e. The van der Waals surface area contributed by atoms with Gasteiger partial charge in [0.15, 0.2) is 0 Å². The van der Waals surface area contributed by atoms with Gasteiger partial charge in [-0.3, -0.25) is 0 Å². The van der Waals surface area contributed by atoms with Crippen LogP contribution in [0.4, 0.5) is 0 Å². The van der Waals surface area contributed by atoms with E-state index in [1.165, 1.54) is 57.1 Å². The summed E-state index contributed by atoms with van der Waals surface area (Å²) in [4.78, 5) is 11.7. The molecular formula is C20H30O3. The lowest BCUT2D eigenvalue weighted by molar-refractivity contribution is 0.0497. The third-order valence-electron chi connectivity index (χ3n) is 3.89. The lowest BCUT2D eigenvalue weighted by atomic mass is 10.1. The number of allylic oxidation sites excluding steroid dienone is 1. The van der Waals surface area contributed by atoms with Gasteiger partial charge < -0.3 is 9.84 Å². The molecule has 1 rings (SSSR count). The van der Waals surface area contributed by atoms with Gasteiger partial charge in [-0.25, -0.2) is 4.79 Å². The fourth-order valence-corrected chi connectivity index (χ4v) is 2.47. The van der Waals surface area contributed by atoms with Crippen molar-refractivity contribution in [2.75, 3.05) is 6.61 Å². The summed E-state index contributed by atoms with van der Waals surface area (Å²) in [6.07, 6.45) is 14.2. The maximum absolute atomic E-state index is 11.7. The Labute approximate surface area is 140 Å². The van der Waals surface area contributed by atoms with Crippen LogP contribution in [0, 0.1) is 0 Å². The molecule has 3 heteroatoms. The van der Waals surface area contributed by atoms with E-state index in [9.17, 15) is 9.90 Å². The highest BCUT2D eigenvalue weighted by Gasteiger charge is 2.06. The Balaban J connectivity index is 1.90. The number of hydrogen-bond donors (Lipinski definition) is 1. The van der Waals surface area contributed by atoms with E-state index in [0.29, 0.717) is 12.2 Å². The molecule has 0 saturated heterocycles. The zero-order valence-electron chi connectivity index (χ0n) is 14.1. The van der Waals surface area contributed by atoms with Gasteiger partial charge in [-0.2, -0.15) is 0 Å². The summed E-state index contributed by atoms with van der Waals surface area (Å²) in [6.45, 7) is 4.21. The first-order valence-electron chi connectivity index (χ1n) is 8.81. The van der Waals surface area contributed by atoms with Crippen molar-refractivity contribution in [1.29, 1.82) is 0 Å². The molecule has 1 aromatic rings. The summed E-state index contributed by atoms with van der Waals surface area (Å²) in [7, 11) is 0. The van der Waals surface area contributed by atoms with Crippen LogP contribution in [0.25, 0.3) is 0 Å². The molecule has 0 saturated carbocycles. The van der Waals surface area contributed by atoms with Crippen molar-refractivity contribution in [3.8, 4) is 5.75 Å². The first-order valence-corrected chi connectivity index (χ1v) is 8.81. The summed E-state index contributed by atoms with van der Waals surface area (Å²) < 4.78 is 5.22. The molecule has 0 fully saturated rings. The van der Waals surface area contributed by atoms with E-state index in [1.54, 1.807) is 12.1 Å². The van der Waals surface area contributed by atoms with Crippen molar-refractivity contribution in [2.45, 2.75) is 64.2 Å². The third kappa shape index (κ3) is 9.77. The van der Waals surface area contributed by atoms with Crippen molar-refractivity contribution in [3.63, 3.8) is 0 Å². The summed E-state index contributed by atoms with van der Waals surface area (Å²) in [5.74, 6) is -0.160. The predicted molar refractivity (Wildman–Crippen MR) is 94.8 cm³/mol. The van der Waals surface area contributed by atoms with Gasteiger partial charge >= 0.3 is 5.97 Å². The summed E-state index contributed by atoms with van der Waals surface area (Å²) in [5.41, 5.74) is 0.485. The average molecular weight is 318 g/mol. The molecule has 128 valence electrons. The molecule has 0 spiro atoms. The Morgan fingerprint density at radius 1 is 0.913 bits per heavy atom. The molecule has 0 unspecified atom stereocenters. The zero-order chi connectivity index (χ0) is 16.8. The third-order valence-corrected chi connectivity index (χ3v) is 3.89. The second kappa shape index (κ2) is 12.7. The molecule has 0 aliphatic carbocycles. The first kappa shape index (κ1) is 19.3. The topological polar surface area (TPSA) is 46.5 Å². The number of ether oxygens (including phenoxy) is 1. The number of carbonyl (C=O) groups is 1. The molecule has 0 aromatic heterocycles. The van der Waals surface area contributed by atoms with Crippen molar-refractivity contribution >= 4 is 5.97 Å². The second-order valence-electron chi connectivity index (χ2n) is 5.94. The molecule has 0 aliphatic heterocycles. The molecule has 0 atom stereocenters. The Morgan fingerprint density at radius 2 is 1.43 bits per heavy atom. The number of phenols is 1. The molecule has 0 amide bonds. The van der Waals surface area contributed by atoms with Crippen LogP contribution in [-0.2, 0) is 4.74 Å². The quantitative estimate of drug-likeness (QED) is 0.291. The van der Waals surface area contributed by atoms with Crippen LogP contribution in [0.2, 0.25) is 0 Å². The number of rotatable bonds is 13. The van der Waals surface area contributed by atoms with Gasteiger partial charge in [0.1, 0.15) is 5.75 Å². The number of esters is 1. The van der Waals surface area contributed by atoms with E-state index in [0.717, 1.165) is 19.3 Å².